The Morgan fingerprint density at radius 1 is 1.23 bits per heavy atom. The highest BCUT2D eigenvalue weighted by atomic mass is 35.5. The molecule has 0 saturated carbocycles. The van der Waals surface area contributed by atoms with Crippen molar-refractivity contribution in [3.63, 3.8) is 0 Å². The van der Waals surface area contributed by atoms with E-state index in [9.17, 15) is 4.79 Å². The molecule has 2 aliphatic rings. The first kappa shape index (κ1) is 16.9. The van der Waals surface area contributed by atoms with Crippen molar-refractivity contribution in [2.75, 3.05) is 29.4 Å². The zero-order chi connectivity index (χ0) is 18.1. The summed E-state index contributed by atoms with van der Waals surface area (Å²) >= 11 is 6.27. The van der Waals surface area contributed by atoms with E-state index in [2.05, 4.69) is 16.0 Å². The molecule has 0 N–H and O–H groups in total. The van der Waals surface area contributed by atoms with Gasteiger partial charge in [0.15, 0.2) is 0 Å². The number of nitriles is 1. The van der Waals surface area contributed by atoms with Crippen LogP contribution in [0.15, 0.2) is 36.5 Å². The molecule has 0 bridgehead atoms. The van der Waals surface area contributed by atoms with Crippen molar-refractivity contribution in [2.24, 2.45) is 5.92 Å². The summed E-state index contributed by atoms with van der Waals surface area (Å²) in [7, 11) is 0. The normalized spacial score (nSPS) is 17.1. The summed E-state index contributed by atoms with van der Waals surface area (Å²) < 4.78 is 0. The quantitative estimate of drug-likeness (QED) is 0.817. The number of nitrogens with zero attached hydrogens (tertiary/aromatic N) is 4. The molecular weight excluding hydrogens is 348 g/mol. The van der Waals surface area contributed by atoms with Crippen molar-refractivity contribution in [2.45, 2.75) is 19.3 Å². The van der Waals surface area contributed by atoms with Crippen molar-refractivity contribution in [3.8, 4) is 6.07 Å². The standard InChI is InChI=1S/C20H19ClN4O/c21-17-11-14(12-22)13-23-19(17)24-8-5-16(6-9-24)20(26)25-10-7-15-3-1-2-4-18(15)25/h1-4,11,13,16H,5-10H2. The average Bonchev–Trinajstić information content (AvgIpc) is 3.11. The number of aromatic nitrogens is 1. The number of carbonyl (C=O) groups is 1. The summed E-state index contributed by atoms with van der Waals surface area (Å²) in [5.41, 5.74) is 2.78. The number of amides is 1. The van der Waals surface area contributed by atoms with Crippen LogP contribution >= 0.6 is 11.6 Å². The number of benzene rings is 1. The second kappa shape index (κ2) is 6.97. The van der Waals surface area contributed by atoms with Gasteiger partial charge in [0.2, 0.25) is 5.91 Å². The maximum Gasteiger partial charge on any atom is 0.230 e. The first-order chi connectivity index (χ1) is 12.7. The van der Waals surface area contributed by atoms with Gasteiger partial charge in [-0.2, -0.15) is 5.26 Å². The number of para-hydroxylation sites is 1. The molecule has 1 fully saturated rings. The van der Waals surface area contributed by atoms with E-state index in [-0.39, 0.29) is 11.8 Å². The molecular formula is C20H19ClN4O. The van der Waals surface area contributed by atoms with Gasteiger partial charge in [0, 0.05) is 37.4 Å². The van der Waals surface area contributed by atoms with Crippen LogP contribution in [0.1, 0.15) is 24.0 Å². The van der Waals surface area contributed by atoms with Crippen LogP contribution in [-0.2, 0) is 11.2 Å². The molecule has 1 aromatic heterocycles. The Balaban J connectivity index is 1.43. The maximum atomic E-state index is 13.0. The van der Waals surface area contributed by atoms with Gasteiger partial charge in [0.05, 0.1) is 10.6 Å². The van der Waals surface area contributed by atoms with E-state index in [1.54, 1.807) is 12.3 Å². The Bertz CT molecular complexity index is 884. The van der Waals surface area contributed by atoms with E-state index in [1.165, 1.54) is 5.56 Å². The van der Waals surface area contributed by atoms with Crippen molar-refractivity contribution in [3.05, 3.63) is 52.7 Å². The number of carbonyl (C=O) groups excluding carboxylic acids is 1. The molecule has 2 aliphatic heterocycles. The van der Waals surface area contributed by atoms with Crippen LogP contribution in [0.3, 0.4) is 0 Å². The molecule has 0 radical (unpaired) electrons. The highest BCUT2D eigenvalue weighted by molar-refractivity contribution is 6.33. The Morgan fingerprint density at radius 3 is 2.73 bits per heavy atom. The topological polar surface area (TPSA) is 60.2 Å². The minimum atomic E-state index is 0.0366. The monoisotopic (exact) mass is 366 g/mol. The van der Waals surface area contributed by atoms with Crippen LogP contribution in [0.5, 0.6) is 0 Å². The third kappa shape index (κ3) is 3.02. The molecule has 3 heterocycles. The first-order valence-corrected chi connectivity index (χ1v) is 9.25. The van der Waals surface area contributed by atoms with Crippen molar-refractivity contribution in [1.82, 2.24) is 4.98 Å². The lowest BCUT2D eigenvalue weighted by Gasteiger charge is -2.34. The fourth-order valence-electron chi connectivity index (χ4n) is 3.85. The van der Waals surface area contributed by atoms with E-state index in [0.29, 0.717) is 16.4 Å². The molecule has 1 amide bonds. The number of rotatable bonds is 2. The first-order valence-electron chi connectivity index (χ1n) is 8.87. The third-order valence-corrected chi connectivity index (χ3v) is 5.53. The Labute approximate surface area is 157 Å². The van der Waals surface area contributed by atoms with Gasteiger partial charge in [-0.15, -0.1) is 0 Å². The van der Waals surface area contributed by atoms with Gasteiger partial charge in [-0.1, -0.05) is 29.8 Å². The van der Waals surface area contributed by atoms with Gasteiger partial charge >= 0.3 is 0 Å². The van der Waals surface area contributed by atoms with Crippen molar-refractivity contribution < 1.29 is 4.79 Å². The molecule has 0 spiro atoms. The number of piperidine rings is 1. The number of hydrogen-bond acceptors (Lipinski definition) is 4. The van der Waals surface area contributed by atoms with Gasteiger partial charge in [-0.05, 0) is 37.0 Å². The molecule has 26 heavy (non-hydrogen) atoms. The van der Waals surface area contributed by atoms with Crippen LogP contribution in [0.4, 0.5) is 11.5 Å². The SMILES string of the molecule is N#Cc1cnc(N2CCC(C(=O)N3CCc4ccccc43)CC2)c(Cl)c1. The minimum Gasteiger partial charge on any atom is -0.355 e. The molecule has 0 unspecified atom stereocenters. The van der Waals surface area contributed by atoms with E-state index in [1.807, 2.05) is 29.2 Å². The summed E-state index contributed by atoms with van der Waals surface area (Å²) in [5, 5.41) is 9.42. The smallest absolute Gasteiger partial charge is 0.230 e. The molecule has 1 saturated heterocycles. The molecule has 1 aromatic carbocycles. The molecule has 5 nitrogen and oxygen atoms in total. The van der Waals surface area contributed by atoms with Gasteiger partial charge in [0.1, 0.15) is 11.9 Å². The Morgan fingerprint density at radius 2 is 2.00 bits per heavy atom. The van der Waals surface area contributed by atoms with Gasteiger partial charge in [-0.25, -0.2) is 4.98 Å². The van der Waals surface area contributed by atoms with Crippen molar-refractivity contribution in [1.29, 1.82) is 5.26 Å². The summed E-state index contributed by atoms with van der Waals surface area (Å²) in [6.07, 6.45) is 4.05. The van der Waals surface area contributed by atoms with Crippen LogP contribution in [0.25, 0.3) is 0 Å². The third-order valence-electron chi connectivity index (χ3n) is 5.25. The average molecular weight is 367 g/mol. The predicted octanol–water partition coefficient (Wildman–Crippen LogP) is 3.41. The fourth-order valence-corrected chi connectivity index (χ4v) is 4.14. The Kier molecular flexibility index (Phi) is 4.52. The Hall–Kier alpha value is -2.58. The number of fused-ring (bicyclic) bond motifs is 1. The van der Waals surface area contributed by atoms with Crippen LogP contribution in [0.2, 0.25) is 5.02 Å². The van der Waals surface area contributed by atoms with Gasteiger partial charge in [0.25, 0.3) is 0 Å². The largest absolute Gasteiger partial charge is 0.355 e. The maximum absolute atomic E-state index is 13.0. The lowest BCUT2D eigenvalue weighted by atomic mass is 9.95. The van der Waals surface area contributed by atoms with E-state index in [4.69, 9.17) is 16.9 Å². The van der Waals surface area contributed by atoms with Crippen LogP contribution in [0, 0.1) is 17.2 Å². The van der Waals surface area contributed by atoms with Crippen LogP contribution in [-0.4, -0.2) is 30.5 Å². The van der Waals surface area contributed by atoms with E-state index in [0.717, 1.165) is 44.6 Å². The molecule has 2 aromatic rings. The summed E-state index contributed by atoms with van der Waals surface area (Å²) in [4.78, 5) is 21.4. The van der Waals surface area contributed by atoms with Crippen LogP contribution < -0.4 is 9.80 Å². The van der Waals surface area contributed by atoms with E-state index >= 15 is 0 Å². The highest BCUT2D eigenvalue weighted by Gasteiger charge is 2.32. The zero-order valence-corrected chi connectivity index (χ0v) is 15.1. The number of halogens is 1. The zero-order valence-electron chi connectivity index (χ0n) is 14.4. The molecule has 4 rings (SSSR count). The van der Waals surface area contributed by atoms with Gasteiger partial charge in [-0.3, -0.25) is 4.79 Å². The molecule has 0 aliphatic carbocycles. The fraction of sp³-hybridized carbons (Fsp3) is 0.350. The second-order valence-electron chi connectivity index (χ2n) is 6.77. The highest BCUT2D eigenvalue weighted by Crippen LogP contribution is 2.33. The molecule has 0 atom stereocenters. The number of hydrogen-bond donors (Lipinski definition) is 0. The van der Waals surface area contributed by atoms with E-state index < -0.39 is 0 Å². The summed E-state index contributed by atoms with van der Waals surface area (Å²) in [6.45, 7) is 2.26. The predicted molar refractivity (Wildman–Crippen MR) is 101 cm³/mol. The summed E-state index contributed by atoms with van der Waals surface area (Å²) in [6, 6.07) is 11.8. The lowest BCUT2D eigenvalue weighted by molar-refractivity contribution is -0.122. The van der Waals surface area contributed by atoms with Gasteiger partial charge < -0.3 is 9.80 Å². The summed E-state index contributed by atoms with van der Waals surface area (Å²) in [5.74, 6) is 0.964. The minimum absolute atomic E-state index is 0.0366. The molecule has 132 valence electrons. The lowest BCUT2D eigenvalue weighted by Crippen LogP contribution is -2.42. The number of anilines is 2. The molecule has 6 heteroatoms. The second-order valence-corrected chi connectivity index (χ2v) is 7.18. The van der Waals surface area contributed by atoms with Crippen molar-refractivity contribution >= 4 is 29.0 Å². The number of pyridine rings is 1.